The van der Waals surface area contributed by atoms with Gasteiger partial charge in [-0.1, -0.05) is 0 Å². The molecule has 0 amide bonds. The first-order valence-corrected chi connectivity index (χ1v) is 16.0. The second-order valence-corrected chi connectivity index (χ2v) is 15.7. The number of aryl methyl sites for hydroxylation is 2. The Morgan fingerprint density at radius 3 is 1.89 bits per heavy atom. The summed E-state index contributed by atoms with van der Waals surface area (Å²) in [6.45, 7) is 4.43. The predicted molar refractivity (Wildman–Crippen MR) is 142 cm³/mol. The minimum Gasteiger partial charge on any atom is -1.00 e. The maximum absolute atomic E-state index is 2.49. The van der Waals surface area contributed by atoms with Crippen molar-refractivity contribution < 1.29 is 46.1 Å². The van der Waals surface area contributed by atoms with Crippen LogP contribution in [0.4, 0.5) is 0 Å². The third-order valence-corrected chi connectivity index (χ3v) is 15.0. The molecule has 178 valence electrons. The van der Waals surface area contributed by atoms with Crippen LogP contribution < -0.4 is 28.1 Å². The van der Waals surface area contributed by atoms with E-state index >= 15 is 0 Å². The van der Waals surface area contributed by atoms with E-state index in [9.17, 15) is 0 Å². The van der Waals surface area contributed by atoms with Crippen LogP contribution in [0.15, 0.2) is 115 Å². The van der Waals surface area contributed by atoms with Gasteiger partial charge in [0.15, 0.2) is 0 Å². The first-order chi connectivity index (χ1) is 16.7. The normalized spacial score (nSPS) is 12.7. The number of hydrogen-bond acceptors (Lipinski definition) is 0. The maximum atomic E-state index is 2.46. The minimum atomic E-state index is -2.49. The zero-order valence-corrected chi connectivity index (χ0v) is 24.5. The van der Waals surface area contributed by atoms with E-state index < -0.39 is 21.3 Å². The van der Waals surface area contributed by atoms with Crippen LogP contribution in [-0.4, -0.2) is 3.21 Å². The fourth-order valence-electron chi connectivity index (χ4n) is 5.59. The van der Waals surface area contributed by atoms with E-state index in [1.54, 1.807) is 12.0 Å². The summed E-state index contributed by atoms with van der Waals surface area (Å²) in [5.74, 6) is 0. The third kappa shape index (κ3) is 4.95. The van der Waals surface area contributed by atoms with Crippen molar-refractivity contribution in [3.63, 3.8) is 0 Å². The summed E-state index contributed by atoms with van der Waals surface area (Å²) in [5.41, 5.74) is 11.4. The van der Waals surface area contributed by atoms with Crippen LogP contribution in [0.3, 0.4) is 0 Å². The Balaban J connectivity index is 0.00000152. The Morgan fingerprint density at radius 1 is 0.667 bits per heavy atom. The van der Waals surface area contributed by atoms with Gasteiger partial charge >= 0.3 is 211 Å². The van der Waals surface area contributed by atoms with Gasteiger partial charge in [0.2, 0.25) is 0 Å². The first kappa shape index (κ1) is 26.7. The Morgan fingerprint density at radius 2 is 1.25 bits per heavy atom. The quantitative estimate of drug-likeness (QED) is 0.298. The average molecular weight is 587 g/mol. The van der Waals surface area contributed by atoms with Gasteiger partial charge in [-0.25, -0.2) is 0 Å². The Bertz CT molecular complexity index is 1450. The summed E-state index contributed by atoms with van der Waals surface area (Å²) < 4.78 is 3.78. The summed E-state index contributed by atoms with van der Waals surface area (Å²) in [4.78, 5) is 0. The number of fused-ring (bicyclic) bond motifs is 3. The van der Waals surface area contributed by atoms with Gasteiger partial charge in [-0.2, -0.15) is 0 Å². The molecule has 6 rings (SSSR count). The summed E-state index contributed by atoms with van der Waals surface area (Å²) in [6, 6.07) is 34.5. The van der Waals surface area contributed by atoms with Gasteiger partial charge in [-0.05, 0) is 0 Å². The predicted octanol–water partition coefficient (Wildman–Crippen LogP) is 1.31. The van der Waals surface area contributed by atoms with E-state index in [1.165, 1.54) is 38.9 Å². The molecule has 0 heterocycles. The van der Waals surface area contributed by atoms with Crippen molar-refractivity contribution in [2.75, 3.05) is 0 Å². The van der Waals surface area contributed by atoms with Gasteiger partial charge in [0.1, 0.15) is 0 Å². The van der Waals surface area contributed by atoms with Gasteiger partial charge in [-0.15, -0.1) is 0 Å². The molecule has 0 aromatic heterocycles. The summed E-state index contributed by atoms with van der Waals surface area (Å²) >= 11 is -2.49. The summed E-state index contributed by atoms with van der Waals surface area (Å²) in [5, 5.41) is 0. The second kappa shape index (κ2) is 11.4. The van der Waals surface area contributed by atoms with Gasteiger partial charge < -0.3 is 24.8 Å². The molecule has 0 saturated heterocycles. The molecule has 0 fully saturated rings. The third-order valence-electron chi connectivity index (χ3n) is 7.11. The molecule has 0 spiro atoms. The molecule has 0 radical (unpaired) electrons. The fraction of sp³-hybridized carbons (Fsp3) is 0.121. The molecule has 2 aliphatic rings. The molecular weight excluding hydrogens is 558 g/mol. The van der Waals surface area contributed by atoms with Crippen molar-refractivity contribution in [1.82, 2.24) is 0 Å². The summed E-state index contributed by atoms with van der Waals surface area (Å²) in [7, 11) is 0. The zero-order valence-electron chi connectivity index (χ0n) is 20.5. The van der Waals surface area contributed by atoms with Gasteiger partial charge in [0.25, 0.3) is 0 Å². The molecule has 0 nitrogen and oxygen atoms in total. The molecule has 0 unspecified atom stereocenters. The Hall–Kier alpha value is -2.31. The van der Waals surface area contributed by atoms with E-state index in [4.69, 9.17) is 0 Å². The van der Waals surface area contributed by atoms with Gasteiger partial charge in [-0.3, -0.25) is 0 Å². The van der Waals surface area contributed by atoms with Crippen molar-refractivity contribution in [3.8, 4) is 11.1 Å². The van der Waals surface area contributed by atoms with Crippen molar-refractivity contribution >= 4 is 6.48 Å². The zero-order chi connectivity index (χ0) is 23.1. The van der Waals surface area contributed by atoms with Crippen LogP contribution >= 0.6 is 0 Å². The van der Waals surface area contributed by atoms with Crippen molar-refractivity contribution in [2.24, 2.45) is 0 Å². The van der Waals surface area contributed by atoms with Crippen LogP contribution in [0.2, 0.25) is 3.63 Å². The molecule has 0 atom stereocenters. The summed E-state index contributed by atoms with van der Waals surface area (Å²) in [6.07, 6.45) is 10.5. The SMILES string of the molecule is Cc1cccc([C](c2cccc(C)c2)=[Zr+2]([c]2cccc3c2Cc2ccccc2-3)[CH]2C=CC=C2)c1.[Cl-].[Cl-]. The van der Waals surface area contributed by atoms with E-state index in [0.29, 0.717) is 3.63 Å². The molecule has 4 aromatic rings. The van der Waals surface area contributed by atoms with Crippen LogP contribution in [0.5, 0.6) is 0 Å². The van der Waals surface area contributed by atoms with Crippen molar-refractivity contribution in [2.45, 2.75) is 23.9 Å². The van der Waals surface area contributed by atoms with Gasteiger partial charge in [0.05, 0.1) is 0 Å². The molecule has 0 N–H and O–H groups in total. The molecule has 0 aliphatic heterocycles. The average Bonchev–Trinajstić information content (AvgIpc) is 3.51. The molecule has 2 aliphatic carbocycles. The minimum absolute atomic E-state index is 0. The number of rotatable bonds is 4. The Labute approximate surface area is 234 Å². The number of halogens is 2. The maximum Gasteiger partial charge on any atom is -1.00 e. The molecule has 36 heavy (non-hydrogen) atoms. The van der Waals surface area contributed by atoms with Crippen LogP contribution in [-0.2, 0) is 27.7 Å². The molecule has 0 bridgehead atoms. The smallest absolute Gasteiger partial charge is 1.00 e. The fourth-order valence-corrected chi connectivity index (χ4v) is 13.8. The molecule has 3 heteroatoms. The number of allylic oxidation sites excluding steroid dienone is 4. The number of hydrogen-bond donors (Lipinski definition) is 0. The largest absolute Gasteiger partial charge is 1.00 e. The second-order valence-electron chi connectivity index (χ2n) is 9.49. The molecule has 0 saturated carbocycles. The Kier molecular flexibility index (Phi) is 8.46. The van der Waals surface area contributed by atoms with Crippen LogP contribution in [0.25, 0.3) is 11.1 Å². The van der Waals surface area contributed by atoms with Crippen molar-refractivity contribution in [1.29, 1.82) is 0 Å². The topological polar surface area (TPSA) is 0 Å². The van der Waals surface area contributed by atoms with E-state index in [-0.39, 0.29) is 24.8 Å². The van der Waals surface area contributed by atoms with Crippen LogP contribution in [0.1, 0.15) is 33.4 Å². The molecule has 4 aromatic carbocycles. The van der Waals surface area contributed by atoms with Gasteiger partial charge in [0, 0.05) is 0 Å². The van der Waals surface area contributed by atoms with E-state index in [0.717, 1.165) is 6.42 Å². The standard InChI is InChI=1S/C15H14.C13H9.C5H5.2ClH.Zr/c1-12-5-3-7-14(9-12)11-15-8-4-6-13(2)10-15;1-3-7-12-10(5-1)9-11-6-2-4-8-13(11)12;1-2-4-5-3-1;;;/h3-10H,1-2H3;1-5,7-8H,9H2;1-5H;2*1H;/q;;;;;+2/p-2. The van der Waals surface area contributed by atoms with E-state index in [2.05, 4.69) is 129 Å². The first-order valence-electron chi connectivity index (χ1n) is 12.1. The number of benzene rings is 4. The van der Waals surface area contributed by atoms with E-state index in [1.807, 2.05) is 0 Å². The molecular formula is C33H28Cl2Zr. The monoisotopic (exact) mass is 584 g/mol. The van der Waals surface area contributed by atoms with Crippen LogP contribution in [0, 0.1) is 13.8 Å². The van der Waals surface area contributed by atoms with Crippen molar-refractivity contribution in [3.05, 3.63) is 149 Å².